The van der Waals surface area contributed by atoms with Gasteiger partial charge >= 0.3 is 0 Å². The zero-order chi connectivity index (χ0) is 14.6. The second-order valence-corrected chi connectivity index (χ2v) is 4.77. The Morgan fingerprint density at radius 2 is 2.05 bits per heavy atom. The summed E-state index contributed by atoms with van der Waals surface area (Å²) in [6.07, 6.45) is 5.60. The molecule has 1 rings (SSSR count). The van der Waals surface area contributed by atoms with E-state index >= 15 is 0 Å². The molecule has 0 radical (unpaired) electrons. The average Bonchev–Trinajstić information content (AvgIpc) is 2.46. The molecule has 0 aliphatic rings. The lowest BCUT2D eigenvalue weighted by Crippen LogP contribution is -2.82. The van der Waals surface area contributed by atoms with Gasteiger partial charge in [-0.3, -0.25) is 0 Å². The van der Waals surface area contributed by atoms with Crippen molar-refractivity contribution in [3.63, 3.8) is 0 Å². The molecule has 0 atom stereocenters. The molecule has 0 heterocycles. The van der Waals surface area contributed by atoms with Gasteiger partial charge in [-0.1, -0.05) is 32.1 Å². The second kappa shape index (κ2) is 10.3. The number of para-hydroxylation sites is 1. The highest BCUT2D eigenvalue weighted by Gasteiger charge is 2.11. The fraction of sp³-hybridized carbons (Fsp3) is 0.529. The second-order valence-electron chi connectivity index (χ2n) is 4.77. The van der Waals surface area contributed by atoms with E-state index in [-0.39, 0.29) is 0 Å². The standard InChI is InChI=1S/C17H27NO2/c1-4-7-8-12-18-14-15-10-9-11-16(19-6-3)17(15)20-13-5-2/h5,9-11,18H,2,4,6-8,12-14H2,1,3H3/p+1. The molecule has 0 aliphatic heterocycles. The SMILES string of the molecule is C=CCOc1c(C[NH2+]CCCCC)cccc1OCC. The number of hydrogen-bond donors (Lipinski definition) is 1. The van der Waals surface area contributed by atoms with Crippen LogP contribution in [0.15, 0.2) is 30.9 Å². The van der Waals surface area contributed by atoms with Crippen LogP contribution in [0.4, 0.5) is 0 Å². The first-order valence-electron chi connectivity index (χ1n) is 7.63. The van der Waals surface area contributed by atoms with E-state index in [2.05, 4.69) is 24.9 Å². The molecule has 1 aromatic rings. The number of nitrogens with two attached hydrogens (primary N) is 1. The number of unbranched alkanes of at least 4 members (excludes halogenated alkanes) is 2. The molecule has 3 heteroatoms. The number of hydrogen-bond acceptors (Lipinski definition) is 2. The Kier molecular flexibility index (Phi) is 8.56. The van der Waals surface area contributed by atoms with Crippen molar-refractivity contribution in [2.75, 3.05) is 19.8 Å². The summed E-state index contributed by atoms with van der Waals surface area (Å²) in [5.74, 6) is 1.69. The fourth-order valence-electron chi connectivity index (χ4n) is 2.09. The van der Waals surface area contributed by atoms with Crippen LogP contribution in [-0.4, -0.2) is 19.8 Å². The Labute approximate surface area is 123 Å². The van der Waals surface area contributed by atoms with Gasteiger partial charge in [0.05, 0.1) is 18.7 Å². The first kappa shape index (κ1) is 16.6. The van der Waals surface area contributed by atoms with Gasteiger partial charge in [-0.05, 0) is 31.9 Å². The summed E-state index contributed by atoms with van der Waals surface area (Å²) in [5, 5.41) is 2.33. The minimum atomic E-state index is 0.507. The van der Waals surface area contributed by atoms with Gasteiger partial charge in [0.2, 0.25) is 0 Å². The monoisotopic (exact) mass is 278 g/mol. The van der Waals surface area contributed by atoms with Crippen molar-refractivity contribution in [3.05, 3.63) is 36.4 Å². The van der Waals surface area contributed by atoms with E-state index < -0.39 is 0 Å². The molecule has 1 aromatic carbocycles. The Hall–Kier alpha value is -1.48. The number of ether oxygens (including phenoxy) is 2. The van der Waals surface area contributed by atoms with Crippen LogP contribution in [0, 0.1) is 0 Å². The maximum atomic E-state index is 5.79. The van der Waals surface area contributed by atoms with Gasteiger partial charge < -0.3 is 14.8 Å². The molecule has 0 saturated carbocycles. The lowest BCUT2D eigenvalue weighted by atomic mass is 10.1. The van der Waals surface area contributed by atoms with Crippen LogP contribution in [0.5, 0.6) is 11.5 Å². The van der Waals surface area contributed by atoms with Crippen molar-refractivity contribution >= 4 is 0 Å². The van der Waals surface area contributed by atoms with E-state index in [9.17, 15) is 0 Å². The number of rotatable bonds is 11. The number of quaternary nitrogens is 1. The summed E-state index contributed by atoms with van der Waals surface area (Å²) in [6.45, 7) is 11.2. The first-order chi connectivity index (χ1) is 9.83. The highest BCUT2D eigenvalue weighted by molar-refractivity contribution is 5.46. The fourth-order valence-corrected chi connectivity index (χ4v) is 2.09. The van der Waals surface area contributed by atoms with Crippen molar-refractivity contribution in [2.45, 2.75) is 39.7 Å². The minimum absolute atomic E-state index is 0.507. The van der Waals surface area contributed by atoms with Crippen LogP contribution in [0.25, 0.3) is 0 Å². The van der Waals surface area contributed by atoms with Crippen LogP contribution in [0.1, 0.15) is 38.7 Å². The molecule has 0 aromatic heterocycles. The largest absolute Gasteiger partial charge is 0.490 e. The Morgan fingerprint density at radius 3 is 2.75 bits per heavy atom. The first-order valence-corrected chi connectivity index (χ1v) is 7.63. The maximum absolute atomic E-state index is 5.79. The summed E-state index contributed by atoms with van der Waals surface area (Å²) in [7, 11) is 0. The van der Waals surface area contributed by atoms with E-state index in [1.54, 1.807) is 6.08 Å². The Balaban J connectivity index is 2.66. The Morgan fingerprint density at radius 1 is 1.20 bits per heavy atom. The predicted molar refractivity (Wildman–Crippen MR) is 83.3 cm³/mol. The summed E-state index contributed by atoms with van der Waals surface area (Å²) in [4.78, 5) is 0. The normalized spacial score (nSPS) is 10.3. The lowest BCUT2D eigenvalue weighted by molar-refractivity contribution is -0.671. The lowest BCUT2D eigenvalue weighted by Gasteiger charge is -2.14. The smallest absolute Gasteiger partial charge is 0.170 e. The highest BCUT2D eigenvalue weighted by atomic mass is 16.5. The molecule has 0 amide bonds. The quantitative estimate of drug-likeness (QED) is 0.499. The van der Waals surface area contributed by atoms with Crippen molar-refractivity contribution in [1.29, 1.82) is 0 Å². The summed E-state index contributed by atoms with van der Waals surface area (Å²) >= 11 is 0. The van der Waals surface area contributed by atoms with Gasteiger partial charge in [0, 0.05) is 0 Å². The molecule has 112 valence electrons. The molecule has 3 nitrogen and oxygen atoms in total. The topological polar surface area (TPSA) is 35.1 Å². The third kappa shape index (κ3) is 5.66. The van der Waals surface area contributed by atoms with Crippen LogP contribution < -0.4 is 14.8 Å². The molecular weight excluding hydrogens is 250 g/mol. The van der Waals surface area contributed by atoms with Crippen molar-refractivity contribution in [2.24, 2.45) is 0 Å². The molecule has 2 N–H and O–H groups in total. The average molecular weight is 278 g/mol. The van der Waals surface area contributed by atoms with Gasteiger partial charge in [-0.25, -0.2) is 0 Å². The minimum Gasteiger partial charge on any atom is -0.490 e. The zero-order valence-corrected chi connectivity index (χ0v) is 12.9. The van der Waals surface area contributed by atoms with E-state index in [4.69, 9.17) is 9.47 Å². The van der Waals surface area contributed by atoms with Crippen LogP contribution in [0.2, 0.25) is 0 Å². The number of benzene rings is 1. The summed E-state index contributed by atoms with van der Waals surface area (Å²) in [6, 6.07) is 6.10. The summed E-state index contributed by atoms with van der Waals surface area (Å²) < 4.78 is 11.4. The van der Waals surface area contributed by atoms with Gasteiger partial charge in [-0.2, -0.15) is 0 Å². The van der Waals surface area contributed by atoms with E-state index in [0.717, 1.165) is 24.6 Å². The molecule has 0 aliphatic carbocycles. The third-order valence-corrected chi connectivity index (χ3v) is 3.08. The van der Waals surface area contributed by atoms with Gasteiger partial charge in [0.15, 0.2) is 11.5 Å². The van der Waals surface area contributed by atoms with Gasteiger partial charge in [0.25, 0.3) is 0 Å². The van der Waals surface area contributed by atoms with E-state index in [1.165, 1.54) is 24.8 Å². The van der Waals surface area contributed by atoms with Crippen LogP contribution in [-0.2, 0) is 6.54 Å². The van der Waals surface area contributed by atoms with Crippen molar-refractivity contribution in [3.8, 4) is 11.5 Å². The molecule has 0 unspecified atom stereocenters. The van der Waals surface area contributed by atoms with Gasteiger partial charge in [-0.15, -0.1) is 0 Å². The summed E-state index contributed by atoms with van der Waals surface area (Å²) in [5.41, 5.74) is 1.19. The predicted octanol–water partition coefficient (Wildman–Crippen LogP) is 2.90. The van der Waals surface area contributed by atoms with E-state index in [0.29, 0.717) is 13.2 Å². The van der Waals surface area contributed by atoms with Crippen molar-refractivity contribution < 1.29 is 14.8 Å². The molecule has 20 heavy (non-hydrogen) atoms. The molecule has 0 fully saturated rings. The Bertz CT molecular complexity index is 391. The highest BCUT2D eigenvalue weighted by Crippen LogP contribution is 2.31. The molecule has 0 bridgehead atoms. The van der Waals surface area contributed by atoms with E-state index in [1.807, 2.05) is 19.1 Å². The van der Waals surface area contributed by atoms with Crippen molar-refractivity contribution in [1.82, 2.24) is 0 Å². The van der Waals surface area contributed by atoms with Crippen LogP contribution >= 0.6 is 0 Å². The van der Waals surface area contributed by atoms with Crippen LogP contribution in [0.3, 0.4) is 0 Å². The maximum Gasteiger partial charge on any atom is 0.170 e. The molecule has 0 saturated heterocycles. The third-order valence-electron chi connectivity index (χ3n) is 3.08. The zero-order valence-electron chi connectivity index (χ0n) is 12.9. The van der Waals surface area contributed by atoms with Gasteiger partial charge in [0.1, 0.15) is 13.2 Å². The molecular formula is C17H28NO2+. The molecule has 0 spiro atoms.